The van der Waals surface area contributed by atoms with Crippen LogP contribution in [0, 0.1) is 6.92 Å². The van der Waals surface area contributed by atoms with Gasteiger partial charge in [-0.05, 0) is 43.9 Å². The normalized spacial score (nSPS) is 12.6. The number of carbonyl (C=O) groups is 2. The average Bonchev–Trinajstić information content (AvgIpc) is 3.26. The lowest BCUT2D eigenvalue weighted by Gasteiger charge is -2.08. The number of ketones is 1. The van der Waals surface area contributed by atoms with Gasteiger partial charge in [0.25, 0.3) is 5.56 Å². The molecule has 5 nitrogen and oxygen atoms in total. The summed E-state index contributed by atoms with van der Waals surface area (Å²) in [7, 11) is 0. The van der Waals surface area contributed by atoms with Gasteiger partial charge in [0, 0.05) is 22.6 Å². The number of nitrogens with zero attached hydrogens (tertiary/aromatic N) is 1. The quantitative estimate of drug-likeness (QED) is 0.615. The van der Waals surface area contributed by atoms with Crippen molar-refractivity contribution in [1.29, 1.82) is 0 Å². The van der Waals surface area contributed by atoms with Crippen LogP contribution < -0.4 is 20.1 Å². The van der Waals surface area contributed by atoms with E-state index >= 15 is 0 Å². The second kappa shape index (κ2) is 9.15. The van der Waals surface area contributed by atoms with Gasteiger partial charge in [0.05, 0.1) is 4.53 Å². The summed E-state index contributed by atoms with van der Waals surface area (Å²) < 4.78 is 2.33. The highest BCUT2D eigenvalue weighted by Gasteiger charge is 2.13. The average molecular weight is 427 g/mol. The molecule has 0 aliphatic heterocycles. The van der Waals surface area contributed by atoms with E-state index in [1.54, 1.807) is 12.1 Å². The summed E-state index contributed by atoms with van der Waals surface area (Å²) >= 11 is 2.74. The minimum absolute atomic E-state index is 0.0324. The summed E-state index contributed by atoms with van der Waals surface area (Å²) in [4.78, 5) is 39.0. The number of hydrogen-bond acceptors (Lipinski definition) is 5. The lowest BCUT2D eigenvalue weighted by Crippen LogP contribution is -2.40. The lowest BCUT2D eigenvalue weighted by atomic mass is 10.1. The Morgan fingerprint density at radius 1 is 1.17 bits per heavy atom. The van der Waals surface area contributed by atoms with E-state index < -0.39 is 0 Å². The molecule has 0 spiro atoms. The Morgan fingerprint density at radius 2 is 1.93 bits per heavy atom. The molecule has 0 bridgehead atoms. The lowest BCUT2D eigenvalue weighted by molar-refractivity contribution is -0.122. The second-order valence-corrected chi connectivity index (χ2v) is 8.94. The van der Waals surface area contributed by atoms with E-state index in [0.717, 1.165) is 10.4 Å². The Balaban J connectivity index is 2.11. The monoisotopic (exact) mass is 426 g/mol. The number of Topliss-reactive ketones (excluding diaryl/α,β-unsaturated/α-hetero) is 1. The maximum Gasteiger partial charge on any atom is 0.269 e. The first kappa shape index (κ1) is 21.0. The third kappa shape index (κ3) is 5.19. The number of thiophene rings is 1. The number of carbonyl (C=O) groups excluding carboxylic acids is 2. The Hall–Kier alpha value is -2.77. The van der Waals surface area contributed by atoms with Crippen LogP contribution in [0.5, 0.6) is 0 Å². The van der Waals surface area contributed by atoms with E-state index in [-0.39, 0.29) is 29.8 Å². The van der Waals surface area contributed by atoms with Crippen LogP contribution in [0.15, 0.2) is 46.6 Å². The first-order valence-corrected chi connectivity index (χ1v) is 10.9. The van der Waals surface area contributed by atoms with E-state index in [1.165, 1.54) is 33.3 Å². The number of benzene rings is 1. The number of thiazole rings is 1. The minimum Gasteiger partial charge on any atom is -0.352 e. The molecule has 0 saturated heterocycles. The summed E-state index contributed by atoms with van der Waals surface area (Å²) in [5, 5.41) is 4.73. The number of aromatic nitrogens is 1. The van der Waals surface area contributed by atoms with Crippen LogP contribution in [-0.2, 0) is 11.3 Å². The Morgan fingerprint density at radius 3 is 2.59 bits per heavy atom. The number of aryl methyl sites for hydroxylation is 1. The molecule has 2 heterocycles. The van der Waals surface area contributed by atoms with Crippen molar-refractivity contribution in [2.45, 2.75) is 33.4 Å². The molecule has 0 unspecified atom stereocenters. The molecule has 0 radical (unpaired) electrons. The maximum absolute atomic E-state index is 13.0. The van der Waals surface area contributed by atoms with Crippen molar-refractivity contribution in [3.63, 3.8) is 0 Å². The van der Waals surface area contributed by atoms with E-state index in [4.69, 9.17) is 0 Å². The summed E-state index contributed by atoms with van der Waals surface area (Å²) in [6, 6.07) is 11.1. The van der Waals surface area contributed by atoms with Gasteiger partial charge in [-0.3, -0.25) is 19.0 Å². The third-order valence-corrected chi connectivity index (χ3v) is 6.05. The molecule has 0 aliphatic rings. The van der Waals surface area contributed by atoms with Crippen LogP contribution in [0.2, 0.25) is 0 Å². The SMILES string of the molecule is Cc1ccccc1C(=O)/C=c1\s/c(=C\c2cccs2)c(=O)n1CC(=O)NC(C)C. The summed E-state index contributed by atoms with van der Waals surface area (Å²) in [5.74, 6) is -0.453. The van der Waals surface area contributed by atoms with Crippen molar-refractivity contribution in [1.82, 2.24) is 9.88 Å². The highest BCUT2D eigenvalue weighted by atomic mass is 32.1. The fourth-order valence-electron chi connectivity index (χ4n) is 2.85. The summed E-state index contributed by atoms with van der Waals surface area (Å²) in [5.41, 5.74) is 1.17. The summed E-state index contributed by atoms with van der Waals surface area (Å²) in [6.07, 6.45) is 3.24. The fourth-order valence-corrected chi connectivity index (χ4v) is 4.61. The Labute approximate surface area is 176 Å². The Bertz CT molecular complexity index is 1200. The van der Waals surface area contributed by atoms with Crippen molar-refractivity contribution in [2.24, 2.45) is 0 Å². The second-order valence-electron chi connectivity index (χ2n) is 6.90. The van der Waals surface area contributed by atoms with Crippen LogP contribution in [0.25, 0.3) is 12.2 Å². The van der Waals surface area contributed by atoms with Crippen molar-refractivity contribution in [3.05, 3.63) is 77.3 Å². The number of nitrogens with one attached hydrogen (secondary N) is 1. The molecular formula is C22H22N2O3S2. The molecule has 150 valence electrons. The first-order chi connectivity index (χ1) is 13.8. The molecule has 2 aromatic heterocycles. The number of hydrogen-bond donors (Lipinski definition) is 1. The molecule has 1 aromatic carbocycles. The molecule has 7 heteroatoms. The molecule has 3 aromatic rings. The molecule has 0 aliphatic carbocycles. The molecule has 29 heavy (non-hydrogen) atoms. The molecule has 3 rings (SSSR count). The van der Waals surface area contributed by atoms with Crippen molar-refractivity contribution in [2.75, 3.05) is 0 Å². The van der Waals surface area contributed by atoms with Gasteiger partial charge in [0.1, 0.15) is 11.2 Å². The van der Waals surface area contributed by atoms with Gasteiger partial charge < -0.3 is 5.32 Å². The molecule has 0 atom stereocenters. The van der Waals surface area contributed by atoms with Crippen LogP contribution >= 0.6 is 22.7 Å². The van der Waals surface area contributed by atoms with E-state index in [1.807, 2.05) is 56.5 Å². The smallest absolute Gasteiger partial charge is 0.269 e. The van der Waals surface area contributed by atoms with Crippen LogP contribution in [0.4, 0.5) is 0 Å². The van der Waals surface area contributed by atoms with Gasteiger partial charge in [0.2, 0.25) is 5.91 Å². The van der Waals surface area contributed by atoms with Gasteiger partial charge >= 0.3 is 0 Å². The van der Waals surface area contributed by atoms with Crippen molar-refractivity contribution >= 4 is 46.5 Å². The zero-order chi connectivity index (χ0) is 21.0. The first-order valence-electron chi connectivity index (χ1n) is 9.21. The minimum atomic E-state index is -0.272. The Kier molecular flexibility index (Phi) is 6.61. The van der Waals surface area contributed by atoms with Gasteiger partial charge in [-0.25, -0.2) is 0 Å². The molecule has 0 fully saturated rings. The topological polar surface area (TPSA) is 68.2 Å². The van der Waals surface area contributed by atoms with E-state index in [2.05, 4.69) is 5.32 Å². The largest absolute Gasteiger partial charge is 0.352 e. The molecule has 1 amide bonds. The van der Waals surface area contributed by atoms with Gasteiger partial charge in [0.15, 0.2) is 5.78 Å². The molecular weight excluding hydrogens is 404 g/mol. The predicted molar refractivity (Wildman–Crippen MR) is 119 cm³/mol. The predicted octanol–water partition coefficient (Wildman–Crippen LogP) is 2.30. The highest BCUT2D eigenvalue weighted by Crippen LogP contribution is 2.09. The van der Waals surface area contributed by atoms with Gasteiger partial charge in [-0.2, -0.15) is 0 Å². The van der Waals surface area contributed by atoms with E-state index in [9.17, 15) is 14.4 Å². The van der Waals surface area contributed by atoms with Crippen LogP contribution in [-0.4, -0.2) is 22.3 Å². The molecule has 1 N–H and O–H groups in total. The van der Waals surface area contributed by atoms with Gasteiger partial charge in [-0.15, -0.1) is 22.7 Å². The van der Waals surface area contributed by atoms with Crippen LogP contribution in [0.3, 0.4) is 0 Å². The van der Waals surface area contributed by atoms with Gasteiger partial charge in [-0.1, -0.05) is 30.3 Å². The number of amides is 1. The zero-order valence-electron chi connectivity index (χ0n) is 16.5. The fraction of sp³-hybridized carbons (Fsp3) is 0.227. The van der Waals surface area contributed by atoms with E-state index in [0.29, 0.717) is 14.8 Å². The van der Waals surface area contributed by atoms with Crippen LogP contribution in [0.1, 0.15) is 34.6 Å². The number of rotatable bonds is 6. The zero-order valence-corrected chi connectivity index (χ0v) is 18.1. The van der Waals surface area contributed by atoms with Crippen molar-refractivity contribution in [3.8, 4) is 0 Å². The maximum atomic E-state index is 13.0. The highest BCUT2D eigenvalue weighted by molar-refractivity contribution is 7.11. The third-order valence-electron chi connectivity index (χ3n) is 4.17. The standard InChI is InChI=1S/C22H22N2O3S2/c1-14(2)23-20(26)13-24-21(12-18(25)17-9-5-4-7-15(17)3)29-19(22(24)27)11-16-8-6-10-28-16/h4-12,14H,13H2,1-3H3,(H,23,26)/b19-11-,21-12-. The van der Waals surface area contributed by atoms with Crippen molar-refractivity contribution < 1.29 is 9.59 Å². The summed E-state index contributed by atoms with van der Waals surface area (Å²) in [6.45, 7) is 5.46. The molecule has 0 saturated carbocycles.